The van der Waals surface area contributed by atoms with Crippen LogP contribution in [-0.4, -0.2) is 33.3 Å². The van der Waals surface area contributed by atoms with Crippen LogP contribution in [0.2, 0.25) is 0 Å². The summed E-state index contributed by atoms with van der Waals surface area (Å²) in [6.45, 7) is 0. The molecule has 2 aromatic rings. The molecule has 0 aliphatic heterocycles. The van der Waals surface area contributed by atoms with Crippen LogP contribution in [0.1, 0.15) is 115 Å². The van der Waals surface area contributed by atoms with E-state index in [2.05, 4.69) is 0 Å². The van der Waals surface area contributed by atoms with E-state index in [1.165, 1.54) is 63.9 Å². The van der Waals surface area contributed by atoms with Crippen LogP contribution in [0.4, 0.5) is 0 Å². The molecular formula is C34H38O6. The summed E-state index contributed by atoms with van der Waals surface area (Å²) in [6, 6.07) is 13.3. The topological polar surface area (TPSA) is 109 Å². The maximum atomic E-state index is 12.3. The third kappa shape index (κ3) is 7.04. The fourth-order valence-electron chi connectivity index (χ4n) is 5.87. The van der Waals surface area contributed by atoms with Gasteiger partial charge in [0.15, 0.2) is 0 Å². The summed E-state index contributed by atoms with van der Waals surface area (Å²) in [4.78, 5) is 46.7. The molecule has 6 nitrogen and oxygen atoms in total. The zero-order valence-electron chi connectivity index (χ0n) is 23.0. The maximum absolute atomic E-state index is 12.3. The first-order valence-electron chi connectivity index (χ1n) is 14.6. The molecule has 1 saturated carbocycles. The van der Waals surface area contributed by atoms with Gasteiger partial charge in [-0.15, -0.1) is 0 Å². The number of carbonyl (C=O) groups excluding carboxylic acids is 4. The van der Waals surface area contributed by atoms with E-state index >= 15 is 0 Å². The van der Waals surface area contributed by atoms with Crippen molar-refractivity contribution < 1.29 is 29.4 Å². The first-order valence-corrected chi connectivity index (χ1v) is 14.6. The predicted octanol–water partition coefficient (Wildman–Crippen LogP) is 7.77. The molecule has 1 fully saturated rings. The summed E-state index contributed by atoms with van der Waals surface area (Å²) in [5, 5.41) is 19.7. The zero-order valence-corrected chi connectivity index (χ0v) is 23.0. The molecule has 0 amide bonds. The van der Waals surface area contributed by atoms with Gasteiger partial charge in [0.05, 0.1) is 0 Å². The van der Waals surface area contributed by atoms with Crippen molar-refractivity contribution in [1.29, 1.82) is 0 Å². The monoisotopic (exact) mass is 542 g/mol. The van der Waals surface area contributed by atoms with Crippen molar-refractivity contribution in [3.05, 3.63) is 82.4 Å². The average Bonchev–Trinajstić information content (AvgIpc) is 2.98. The van der Waals surface area contributed by atoms with Gasteiger partial charge in [-0.05, 0) is 18.8 Å². The van der Waals surface area contributed by atoms with Crippen molar-refractivity contribution in [2.45, 2.75) is 83.5 Å². The van der Waals surface area contributed by atoms with Gasteiger partial charge in [-0.25, -0.2) is 0 Å². The van der Waals surface area contributed by atoms with Crippen molar-refractivity contribution in [2.75, 3.05) is 0 Å². The Balaban J connectivity index is 0.000000236. The van der Waals surface area contributed by atoms with Crippen LogP contribution in [0.5, 0.6) is 0 Å². The lowest BCUT2D eigenvalue weighted by molar-refractivity contribution is -0.112. The zero-order chi connectivity index (χ0) is 28.5. The minimum Gasteiger partial charge on any atom is -0.507 e. The van der Waals surface area contributed by atoms with Gasteiger partial charge in [0.1, 0.15) is 11.5 Å². The highest BCUT2D eigenvalue weighted by Gasteiger charge is 2.32. The highest BCUT2D eigenvalue weighted by molar-refractivity contribution is 6.52. The molecule has 0 radical (unpaired) electrons. The largest absolute Gasteiger partial charge is 0.507 e. The van der Waals surface area contributed by atoms with Gasteiger partial charge >= 0.3 is 0 Å². The Morgan fingerprint density at radius 3 is 1.82 bits per heavy atom. The minimum absolute atomic E-state index is 0.00248. The molecule has 3 aliphatic rings. The Morgan fingerprint density at radius 1 is 0.600 bits per heavy atom. The molecular weight excluding hydrogens is 504 g/mol. The predicted molar refractivity (Wildman–Crippen MR) is 155 cm³/mol. The number of carbonyl (C=O) groups is 4. The molecule has 5 rings (SSSR count). The third-order valence-electron chi connectivity index (χ3n) is 8.15. The fraction of sp³-hybridized carbons (Fsp3) is 0.412. The summed E-state index contributed by atoms with van der Waals surface area (Å²) in [5.74, 6) is -1.40. The summed E-state index contributed by atoms with van der Waals surface area (Å²) >= 11 is 0. The Morgan fingerprint density at radius 2 is 1.15 bits per heavy atom. The van der Waals surface area contributed by atoms with Crippen molar-refractivity contribution in [1.82, 2.24) is 0 Å². The number of fused-ring (bicyclic) bond motifs is 2. The SMILES string of the molecule is O=C1C(=O)c2ccccc2C(O)=C1CCCCCCCCC1CCCCC1.O=C1C=C(O)c2ccccc2C1=O. The van der Waals surface area contributed by atoms with E-state index in [1.807, 2.05) is 0 Å². The Bertz CT molecular complexity index is 1330. The van der Waals surface area contributed by atoms with E-state index in [-0.39, 0.29) is 17.1 Å². The first-order chi connectivity index (χ1) is 19.4. The molecule has 6 heteroatoms. The van der Waals surface area contributed by atoms with Gasteiger partial charge in [0, 0.05) is 33.9 Å². The van der Waals surface area contributed by atoms with E-state index < -0.39 is 23.1 Å². The molecule has 0 bridgehead atoms. The number of unbranched alkanes of at least 4 members (excludes halogenated alkanes) is 5. The minimum atomic E-state index is -0.670. The van der Waals surface area contributed by atoms with Crippen LogP contribution in [0, 0.1) is 5.92 Å². The lowest BCUT2D eigenvalue weighted by Gasteiger charge is -2.21. The average molecular weight is 543 g/mol. The number of aliphatic hydroxyl groups excluding tert-OH is 2. The molecule has 210 valence electrons. The summed E-state index contributed by atoms with van der Waals surface area (Å²) in [6.07, 6.45) is 17.0. The van der Waals surface area contributed by atoms with Crippen LogP contribution in [0.25, 0.3) is 11.5 Å². The van der Waals surface area contributed by atoms with E-state index in [0.29, 0.717) is 28.7 Å². The number of benzene rings is 2. The second kappa shape index (κ2) is 14.0. The second-order valence-electron chi connectivity index (χ2n) is 11.0. The highest BCUT2D eigenvalue weighted by Crippen LogP contribution is 2.31. The molecule has 2 aromatic carbocycles. The van der Waals surface area contributed by atoms with Crippen LogP contribution in [0.15, 0.2) is 60.2 Å². The summed E-state index contributed by atoms with van der Waals surface area (Å²) < 4.78 is 0. The van der Waals surface area contributed by atoms with Gasteiger partial charge < -0.3 is 10.2 Å². The number of allylic oxidation sites excluding steroid dienone is 2. The molecule has 0 heterocycles. The van der Waals surface area contributed by atoms with Crippen molar-refractivity contribution in [3.8, 4) is 0 Å². The lowest BCUT2D eigenvalue weighted by atomic mass is 9.85. The number of hydrogen-bond acceptors (Lipinski definition) is 6. The van der Waals surface area contributed by atoms with Gasteiger partial charge in [-0.1, -0.05) is 119 Å². The molecule has 0 aromatic heterocycles. The first kappa shape index (κ1) is 29.2. The van der Waals surface area contributed by atoms with Crippen LogP contribution < -0.4 is 0 Å². The van der Waals surface area contributed by atoms with Gasteiger partial charge in [0.25, 0.3) is 0 Å². The van der Waals surface area contributed by atoms with Crippen LogP contribution >= 0.6 is 0 Å². The fourth-order valence-corrected chi connectivity index (χ4v) is 5.87. The quantitative estimate of drug-likeness (QED) is 0.247. The Kier molecular flexibility index (Phi) is 10.2. The standard InChI is InChI=1S/C24H32O3.C10H6O3/c25-22-19-15-10-11-16-20(19)23(26)24(27)21(22)17-9-4-2-1-3-6-12-18-13-7-5-8-14-18;11-8-5-9(12)10(13)7-4-2-1-3-6(7)8/h10-11,15-16,18,25H,1-9,12-14,17H2;1-5,11H. The lowest BCUT2D eigenvalue weighted by Crippen LogP contribution is -2.24. The molecule has 2 N–H and O–H groups in total. The Labute approximate surface area is 235 Å². The third-order valence-corrected chi connectivity index (χ3v) is 8.15. The van der Waals surface area contributed by atoms with Gasteiger partial charge in [-0.2, -0.15) is 0 Å². The van der Waals surface area contributed by atoms with E-state index in [0.717, 1.165) is 31.3 Å². The highest BCUT2D eigenvalue weighted by atomic mass is 16.3. The normalized spacial score (nSPS) is 17.1. The van der Waals surface area contributed by atoms with Crippen LogP contribution in [-0.2, 0) is 9.59 Å². The number of Topliss-reactive ketones (excluding diaryl/α,β-unsaturated/α-hetero) is 3. The van der Waals surface area contributed by atoms with Gasteiger partial charge in [0.2, 0.25) is 23.1 Å². The molecule has 0 unspecified atom stereocenters. The van der Waals surface area contributed by atoms with Crippen molar-refractivity contribution in [2.24, 2.45) is 5.92 Å². The van der Waals surface area contributed by atoms with Crippen molar-refractivity contribution >= 4 is 34.7 Å². The number of rotatable bonds is 9. The number of ketones is 4. The number of aliphatic hydroxyl groups is 2. The molecule has 0 saturated heterocycles. The van der Waals surface area contributed by atoms with Crippen LogP contribution in [0.3, 0.4) is 0 Å². The second-order valence-corrected chi connectivity index (χ2v) is 11.0. The summed E-state index contributed by atoms with van der Waals surface area (Å²) in [7, 11) is 0. The van der Waals surface area contributed by atoms with E-state index in [1.54, 1.807) is 42.5 Å². The molecule has 0 atom stereocenters. The summed E-state index contributed by atoms with van der Waals surface area (Å²) in [5.41, 5.74) is 1.82. The smallest absolute Gasteiger partial charge is 0.234 e. The van der Waals surface area contributed by atoms with Crippen molar-refractivity contribution in [3.63, 3.8) is 0 Å². The molecule has 40 heavy (non-hydrogen) atoms. The van der Waals surface area contributed by atoms with Gasteiger partial charge in [-0.3, -0.25) is 19.2 Å². The molecule has 0 spiro atoms. The number of hydrogen-bond donors (Lipinski definition) is 2. The van der Waals surface area contributed by atoms with E-state index in [9.17, 15) is 29.4 Å². The maximum Gasteiger partial charge on any atom is 0.234 e. The van der Waals surface area contributed by atoms with E-state index in [4.69, 9.17) is 0 Å². The molecule has 3 aliphatic carbocycles. The Hall–Kier alpha value is -3.80.